The molecule has 0 N–H and O–H groups in total. The van der Waals surface area contributed by atoms with Gasteiger partial charge in [0.15, 0.2) is 0 Å². The second-order valence-electron chi connectivity index (χ2n) is 6.48. The van der Waals surface area contributed by atoms with Crippen LogP contribution in [0, 0.1) is 35.5 Å². The van der Waals surface area contributed by atoms with E-state index in [0.717, 1.165) is 42.8 Å². The van der Waals surface area contributed by atoms with Gasteiger partial charge in [0.05, 0.1) is 0 Å². The predicted molar refractivity (Wildman–Crippen MR) is 70.4 cm³/mol. The fraction of sp³-hybridized carbons (Fsp3) is 1.00. The van der Waals surface area contributed by atoms with Crippen LogP contribution >= 0.6 is 0 Å². The maximum atomic E-state index is 5.84. The summed E-state index contributed by atoms with van der Waals surface area (Å²) in [6, 6.07) is 0. The van der Waals surface area contributed by atoms with Gasteiger partial charge in [0.1, 0.15) is 0 Å². The van der Waals surface area contributed by atoms with Gasteiger partial charge in [-0.3, -0.25) is 0 Å². The summed E-state index contributed by atoms with van der Waals surface area (Å²) in [5.41, 5.74) is 0. The Bertz CT molecular complexity index is 200. The second kappa shape index (κ2) is 6.05. The smallest absolute Gasteiger partial charge is 0.0497 e. The quantitative estimate of drug-likeness (QED) is 0.697. The summed E-state index contributed by atoms with van der Waals surface area (Å²) < 4.78 is 5.84. The molecule has 96 valence electrons. The van der Waals surface area contributed by atoms with Crippen LogP contribution in [0.3, 0.4) is 0 Å². The Morgan fingerprint density at radius 2 is 1.62 bits per heavy atom. The maximum absolute atomic E-state index is 5.84. The van der Waals surface area contributed by atoms with Gasteiger partial charge < -0.3 is 4.74 Å². The summed E-state index contributed by atoms with van der Waals surface area (Å²) >= 11 is 0. The lowest BCUT2D eigenvalue weighted by atomic mass is 9.64. The van der Waals surface area contributed by atoms with Gasteiger partial charge in [-0.2, -0.15) is 0 Å². The van der Waals surface area contributed by atoms with Crippen molar-refractivity contribution in [3.63, 3.8) is 0 Å². The molecule has 0 radical (unpaired) electrons. The Kier molecular flexibility index (Phi) is 5.30. The number of hydrogen-bond acceptors (Lipinski definition) is 1. The average molecular weight is 226 g/mol. The molecule has 0 aliphatic heterocycles. The van der Waals surface area contributed by atoms with E-state index in [1.165, 1.54) is 6.42 Å². The number of ether oxygens (including phenoxy) is 1. The minimum absolute atomic E-state index is 0.660. The standard InChI is InChI=1S/C15H30O/c1-10(2)8-16-9-15-7-11(3)12(4)13(5)14(15)6/h10-15H,7-9H2,1-6H3. The highest BCUT2D eigenvalue weighted by Gasteiger charge is 2.35. The molecular formula is C15H30O. The molecule has 1 heteroatoms. The topological polar surface area (TPSA) is 9.23 Å². The van der Waals surface area contributed by atoms with Crippen LogP contribution in [0.4, 0.5) is 0 Å². The van der Waals surface area contributed by atoms with E-state index in [9.17, 15) is 0 Å². The van der Waals surface area contributed by atoms with Crippen molar-refractivity contribution in [3.8, 4) is 0 Å². The third kappa shape index (κ3) is 3.48. The summed E-state index contributed by atoms with van der Waals surface area (Å²) in [6.45, 7) is 16.0. The van der Waals surface area contributed by atoms with Crippen LogP contribution in [-0.4, -0.2) is 13.2 Å². The number of rotatable bonds is 4. The van der Waals surface area contributed by atoms with Crippen molar-refractivity contribution in [2.45, 2.75) is 48.0 Å². The zero-order valence-corrected chi connectivity index (χ0v) is 12.0. The van der Waals surface area contributed by atoms with Crippen LogP contribution in [0.5, 0.6) is 0 Å². The fourth-order valence-electron chi connectivity index (χ4n) is 3.01. The lowest BCUT2D eigenvalue weighted by Gasteiger charge is -2.42. The van der Waals surface area contributed by atoms with Crippen molar-refractivity contribution < 1.29 is 4.74 Å². The summed E-state index contributed by atoms with van der Waals surface area (Å²) in [4.78, 5) is 0. The van der Waals surface area contributed by atoms with Gasteiger partial charge in [-0.1, -0.05) is 41.5 Å². The van der Waals surface area contributed by atoms with Gasteiger partial charge in [0, 0.05) is 13.2 Å². The average Bonchev–Trinajstić information content (AvgIpc) is 2.22. The highest BCUT2D eigenvalue weighted by atomic mass is 16.5. The maximum Gasteiger partial charge on any atom is 0.0497 e. The lowest BCUT2D eigenvalue weighted by molar-refractivity contribution is 0.000497. The van der Waals surface area contributed by atoms with Crippen LogP contribution in [0.25, 0.3) is 0 Å². The lowest BCUT2D eigenvalue weighted by Crippen LogP contribution is -2.37. The van der Waals surface area contributed by atoms with Gasteiger partial charge in [-0.05, 0) is 41.9 Å². The molecule has 16 heavy (non-hydrogen) atoms. The molecule has 0 heterocycles. The third-order valence-electron chi connectivity index (χ3n) is 4.76. The summed E-state index contributed by atoms with van der Waals surface area (Å²) in [5.74, 6) is 4.83. The van der Waals surface area contributed by atoms with Gasteiger partial charge in [0.2, 0.25) is 0 Å². The van der Waals surface area contributed by atoms with Crippen LogP contribution in [0.1, 0.15) is 48.0 Å². The Hall–Kier alpha value is -0.0400. The highest BCUT2D eigenvalue weighted by molar-refractivity contribution is 4.84. The Morgan fingerprint density at radius 3 is 2.19 bits per heavy atom. The molecule has 0 aromatic carbocycles. The van der Waals surface area contributed by atoms with Crippen LogP contribution < -0.4 is 0 Å². The van der Waals surface area contributed by atoms with Gasteiger partial charge in [-0.25, -0.2) is 0 Å². The van der Waals surface area contributed by atoms with Gasteiger partial charge >= 0.3 is 0 Å². The minimum Gasteiger partial charge on any atom is -0.381 e. The van der Waals surface area contributed by atoms with E-state index in [1.54, 1.807) is 0 Å². The summed E-state index contributed by atoms with van der Waals surface area (Å²) in [5, 5.41) is 0. The van der Waals surface area contributed by atoms with E-state index in [1.807, 2.05) is 0 Å². The molecule has 0 amide bonds. The van der Waals surface area contributed by atoms with Gasteiger partial charge in [-0.15, -0.1) is 0 Å². The summed E-state index contributed by atoms with van der Waals surface area (Å²) in [7, 11) is 0. The molecule has 1 saturated carbocycles. The molecule has 1 nitrogen and oxygen atoms in total. The van der Waals surface area contributed by atoms with Crippen molar-refractivity contribution in [2.24, 2.45) is 35.5 Å². The van der Waals surface area contributed by atoms with E-state index in [2.05, 4.69) is 41.5 Å². The first kappa shape index (κ1) is 14.0. The Morgan fingerprint density at radius 1 is 1.00 bits per heavy atom. The Labute approximate surface area is 102 Å². The zero-order chi connectivity index (χ0) is 12.3. The molecule has 1 fully saturated rings. The predicted octanol–water partition coefficient (Wildman–Crippen LogP) is 4.22. The van der Waals surface area contributed by atoms with Crippen molar-refractivity contribution >= 4 is 0 Å². The molecule has 0 aromatic heterocycles. The van der Waals surface area contributed by atoms with Crippen molar-refractivity contribution in [1.29, 1.82) is 0 Å². The number of hydrogen-bond donors (Lipinski definition) is 0. The monoisotopic (exact) mass is 226 g/mol. The molecule has 1 aliphatic rings. The molecule has 0 bridgehead atoms. The van der Waals surface area contributed by atoms with Crippen LogP contribution in [0.15, 0.2) is 0 Å². The fourth-order valence-corrected chi connectivity index (χ4v) is 3.01. The van der Waals surface area contributed by atoms with Crippen LogP contribution in [-0.2, 0) is 4.74 Å². The highest BCUT2D eigenvalue weighted by Crippen LogP contribution is 2.41. The molecule has 5 atom stereocenters. The first-order valence-corrected chi connectivity index (χ1v) is 7.01. The molecule has 0 saturated heterocycles. The van der Waals surface area contributed by atoms with Gasteiger partial charge in [0.25, 0.3) is 0 Å². The molecule has 0 aromatic rings. The molecule has 1 rings (SSSR count). The van der Waals surface area contributed by atoms with Crippen LogP contribution in [0.2, 0.25) is 0 Å². The van der Waals surface area contributed by atoms with Crippen molar-refractivity contribution in [1.82, 2.24) is 0 Å². The third-order valence-corrected chi connectivity index (χ3v) is 4.76. The van der Waals surface area contributed by atoms with E-state index in [0.29, 0.717) is 5.92 Å². The first-order valence-electron chi connectivity index (χ1n) is 7.01. The Balaban J connectivity index is 2.41. The molecule has 5 unspecified atom stereocenters. The molecular weight excluding hydrogens is 196 g/mol. The van der Waals surface area contributed by atoms with Crippen molar-refractivity contribution in [2.75, 3.05) is 13.2 Å². The zero-order valence-electron chi connectivity index (χ0n) is 12.0. The van der Waals surface area contributed by atoms with E-state index in [-0.39, 0.29) is 0 Å². The van der Waals surface area contributed by atoms with E-state index < -0.39 is 0 Å². The van der Waals surface area contributed by atoms with E-state index >= 15 is 0 Å². The largest absolute Gasteiger partial charge is 0.381 e. The first-order chi connectivity index (χ1) is 7.43. The molecule has 0 spiro atoms. The van der Waals surface area contributed by atoms with Crippen molar-refractivity contribution in [3.05, 3.63) is 0 Å². The molecule has 1 aliphatic carbocycles. The second-order valence-corrected chi connectivity index (χ2v) is 6.48. The minimum atomic E-state index is 0.660. The summed E-state index contributed by atoms with van der Waals surface area (Å²) in [6.07, 6.45) is 1.35. The SMILES string of the molecule is CC(C)COCC1CC(C)C(C)C(C)C1C. The van der Waals surface area contributed by atoms with E-state index in [4.69, 9.17) is 4.74 Å². The normalized spacial score (nSPS) is 40.3.